The van der Waals surface area contributed by atoms with Crippen LogP contribution in [0.4, 0.5) is 0 Å². The van der Waals surface area contributed by atoms with Gasteiger partial charge in [-0.2, -0.15) is 0 Å². The molecule has 0 aliphatic carbocycles. The molecule has 2 N–H and O–H groups in total. The van der Waals surface area contributed by atoms with Crippen LogP contribution in [0.15, 0.2) is 34.8 Å². The first-order chi connectivity index (χ1) is 10.8. The number of ether oxygens (including phenoxy) is 1. The average Bonchev–Trinajstić information content (AvgIpc) is 2.84. The van der Waals surface area contributed by atoms with Gasteiger partial charge in [0.05, 0.1) is 11.6 Å². The van der Waals surface area contributed by atoms with Crippen LogP contribution in [0.3, 0.4) is 0 Å². The number of rotatable bonds is 5. The highest BCUT2D eigenvalue weighted by Crippen LogP contribution is 2.28. The average molecular weight is 381 g/mol. The van der Waals surface area contributed by atoms with Crippen molar-refractivity contribution in [2.24, 2.45) is 7.05 Å². The number of carboxylic acid groups (broad SMARTS) is 1. The molecule has 0 saturated carbocycles. The lowest BCUT2D eigenvalue weighted by atomic mass is 10.1. The minimum atomic E-state index is -1.15. The van der Waals surface area contributed by atoms with Gasteiger partial charge in [0, 0.05) is 12.7 Å². The van der Waals surface area contributed by atoms with Gasteiger partial charge in [0.15, 0.2) is 6.04 Å². The molecule has 0 radical (unpaired) electrons. The molecule has 0 spiro atoms. The smallest absolute Gasteiger partial charge is 0.330 e. The van der Waals surface area contributed by atoms with Crippen LogP contribution in [0.2, 0.25) is 0 Å². The maximum Gasteiger partial charge on any atom is 0.330 e. The number of hydrogen-bond acceptors (Lipinski definition) is 3. The fraction of sp³-hybridized carbons (Fsp3) is 0.250. The summed E-state index contributed by atoms with van der Waals surface area (Å²) in [6, 6.07) is 7.18. The molecule has 1 unspecified atom stereocenters. The van der Waals surface area contributed by atoms with Gasteiger partial charge in [0.2, 0.25) is 0 Å². The quantitative estimate of drug-likeness (QED) is 0.835. The number of nitrogens with one attached hydrogen (secondary N) is 1. The molecule has 1 aromatic carbocycles. The number of hydrogen-bond donors (Lipinski definition) is 2. The van der Waals surface area contributed by atoms with E-state index in [1.54, 1.807) is 41.9 Å². The second-order valence-corrected chi connectivity index (χ2v) is 5.91. The highest BCUT2D eigenvalue weighted by Gasteiger charge is 2.24. The van der Waals surface area contributed by atoms with E-state index in [4.69, 9.17) is 4.74 Å². The van der Waals surface area contributed by atoms with Crippen LogP contribution in [-0.2, 0) is 11.8 Å². The number of amides is 1. The van der Waals surface area contributed by atoms with Crippen LogP contribution >= 0.6 is 15.9 Å². The van der Waals surface area contributed by atoms with Crippen LogP contribution in [0.1, 0.15) is 27.8 Å². The molecule has 0 fully saturated rings. The monoisotopic (exact) mass is 380 g/mol. The Kier molecular flexibility index (Phi) is 5.10. The number of carbonyl (C=O) groups excluding carboxylic acids is 1. The third kappa shape index (κ3) is 3.56. The molecule has 1 aromatic heterocycles. The molecule has 7 heteroatoms. The normalized spacial score (nSPS) is 11.8. The second kappa shape index (κ2) is 6.87. The summed E-state index contributed by atoms with van der Waals surface area (Å²) in [7, 11) is 3.28. The number of benzene rings is 1. The summed E-state index contributed by atoms with van der Waals surface area (Å²) in [6.45, 7) is 1.87. The molecule has 0 aliphatic heterocycles. The summed E-state index contributed by atoms with van der Waals surface area (Å²) >= 11 is 3.32. The molecule has 122 valence electrons. The Hall–Kier alpha value is -2.28. The molecule has 6 nitrogen and oxygen atoms in total. The van der Waals surface area contributed by atoms with Crippen molar-refractivity contribution in [1.29, 1.82) is 0 Å². The Morgan fingerprint density at radius 1 is 1.30 bits per heavy atom. The van der Waals surface area contributed by atoms with Crippen LogP contribution < -0.4 is 10.1 Å². The highest BCUT2D eigenvalue weighted by atomic mass is 79.9. The standard InChI is InChI=1S/C16H17BrN2O4/c1-9-4-6-12(19(9)2)15(20)18-14(16(21)22)10-5-7-13(23-3)11(17)8-10/h4-8,14H,1-3H3,(H,18,20)(H,21,22). The molecule has 1 heterocycles. The number of aliphatic carboxylic acids is 1. The molecule has 1 amide bonds. The predicted octanol–water partition coefficient (Wildman–Crippen LogP) is 2.66. The molecule has 0 aliphatic rings. The van der Waals surface area contributed by atoms with Crippen molar-refractivity contribution in [3.05, 3.63) is 51.8 Å². The van der Waals surface area contributed by atoms with Gasteiger partial charge in [-0.1, -0.05) is 6.07 Å². The summed E-state index contributed by atoms with van der Waals surface area (Å²) in [4.78, 5) is 23.9. The number of aryl methyl sites for hydroxylation is 1. The second-order valence-electron chi connectivity index (χ2n) is 5.06. The zero-order chi connectivity index (χ0) is 17.1. The largest absolute Gasteiger partial charge is 0.496 e. The van der Waals surface area contributed by atoms with Gasteiger partial charge in [-0.3, -0.25) is 4.79 Å². The molecule has 2 rings (SSSR count). The van der Waals surface area contributed by atoms with Gasteiger partial charge in [-0.05, 0) is 52.7 Å². The van der Waals surface area contributed by atoms with E-state index in [1.807, 2.05) is 6.92 Å². The van der Waals surface area contributed by atoms with E-state index in [9.17, 15) is 14.7 Å². The van der Waals surface area contributed by atoms with Crippen molar-refractivity contribution in [1.82, 2.24) is 9.88 Å². The van der Waals surface area contributed by atoms with E-state index in [-0.39, 0.29) is 0 Å². The van der Waals surface area contributed by atoms with E-state index in [0.29, 0.717) is 21.5 Å². The minimum absolute atomic E-state index is 0.404. The third-order valence-corrected chi connectivity index (χ3v) is 4.26. The van der Waals surface area contributed by atoms with Crippen molar-refractivity contribution >= 4 is 27.8 Å². The Labute approximate surface area is 142 Å². The van der Waals surface area contributed by atoms with E-state index in [1.165, 1.54) is 7.11 Å². The third-order valence-electron chi connectivity index (χ3n) is 3.64. The molecule has 23 heavy (non-hydrogen) atoms. The van der Waals surface area contributed by atoms with E-state index < -0.39 is 17.9 Å². The Bertz CT molecular complexity index is 755. The lowest BCUT2D eigenvalue weighted by molar-refractivity contribution is -0.139. The fourth-order valence-electron chi connectivity index (χ4n) is 2.20. The van der Waals surface area contributed by atoms with E-state index in [0.717, 1.165) is 5.69 Å². The van der Waals surface area contributed by atoms with Gasteiger partial charge in [-0.15, -0.1) is 0 Å². The van der Waals surface area contributed by atoms with Gasteiger partial charge >= 0.3 is 5.97 Å². The Morgan fingerprint density at radius 2 is 2.00 bits per heavy atom. The number of carboxylic acids is 1. The van der Waals surface area contributed by atoms with Crippen molar-refractivity contribution in [2.75, 3.05) is 7.11 Å². The molecular formula is C16H17BrN2O4. The molecule has 0 saturated heterocycles. The van der Waals surface area contributed by atoms with Gasteiger partial charge < -0.3 is 19.7 Å². The maximum absolute atomic E-state index is 12.3. The van der Waals surface area contributed by atoms with Crippen molar-refractivity contribution in [2.45, 2.75) is 13.0 Å². The summed E-state index contributed by atoms with van der Waals surface area (Å²) in [6.07, 6.45) is 0. The maximum atomic E-state index is 12.3. The van der Waals surface area contributed by atoms with Crippen LogP contribution in [0.25, 0.3) is 0 Å². The van der Waals surface area contributed by atoms with Gasteiger partial charge in [-0.25, -0.2) is 4.79 Å². The number of halogens is 1. The lowest BCUT2D eigenvalue weighted by Gasteiger charge is -2.16. The molecule has 1 atom stereocenters. The minimum Gasteiger partial charge on any atom is -0.496 e. The van der Waals surface area contributed by atoms with Crippen LogP contribution in [0, 0.1) is 6.92 Å². The number of nitrogens with zero attached hydrogens (tertiary/aromatic N) is 1. The van der Waals surface area contributed by atoms with Crippen LogP contribution in [0.5, 0.6) is 5.75 Å². The van der Waals surface area contributed by atoms with Crippen molar-refractivity contribution in [3.63, 3.8) is 0 Å². The molecule has 2 aromatic rings. The summed E-state index contributed by atoms with van der Waals surface area (Å²) in [5, 5.41) is 12.0. The highest BCUT2D eigenvalue weighted by molar-refractivity contribution is 9.10. The van der Waals surface area contributed by atoms with E-state index in [2.05, 4.69) is 21.2 Å². The summed E-state index contributed by atoms with van der Waals surface area (Å²) < 4.78 is 7.45. The Balaban J connectivity index is 2.29. The SMILES string of the molecule is COc1ccc(C(NC(=O)c2ccc(C)n2C)C(=O)O)cc1Br. The van der Waals surface area contributed by atoms with Gasteiger partial charge in [0.25, 0.3) is 5.91 Å². The van der Waals surface area contributed by atoms with Crippen LogP contribution in [-0.4, -0.2) is 28.7 Å². The lowest BCUT2D eigenvalue weighted by Crippen LogP contribution is -2.34. The summed E-state index contributed by atoms with van der Waals surface area (Å²) in [5.74, 6) is -0.997. The fourth-order valence-corrected chi connectivity index (χ4v) is 2.75. The first kappa shape index (κ1) is 17.1. The topological polar surface area (TPSA) is 80.6 Å². The Morgan fingerprint density at radius 3 is 2.48 bits per heavy atom. The predicted molar refractivity (Wildman–Crippen MR) is 88.7 cm³/mol. The number of carbonyl (C=O) groups is 2. The van der Waals surface area contributed by atoms with Gasteiger partial charge in [0.1, 0.15) is 11.4 Å². The van der Waals surface area contributed by atoms with Crippen molar-refractivity contribution < 1.29 is 19.4 Å². The molecule has 0 bridgehead atoms. The first-order valence-corrected chi connectivity index (χ1v) is 7.64. The number of aromatic nitrogens is 1. The number of methoxy groups -OCH3 is 1. The zero-order valence-corrected chi connectivity index (χ0v) is 14.5. The van der Waals surface area contributed by atoms with E-state index >= 15 is 0 Å². The first-order valence-electron chi connectivity index (χ1n) is 6.84. The summed E-state index contributed by atoms with van der Waals surface area (Å²) in [5.41, 5.74) is 1.76. The zero-order valence-electron chi connectivity index (χ0n) is 13.0. The molecular weight excluding hydrogens is 364 g/mol. The van der Waals surface area contributed by atoms with Crippen molar-refractivity contribution in [3.8, 4) is 5.75 Å².